The molecule has 9 nitrogen and oxygen atoms in total. The van der Waals surface area contributed by atoms with E-state index in [0.29, 0.717) is 45.0 Å². The second-order valence-corrected chi connectivity index (χ2v) is 10.9. The van der Waals surface area contributed by atoms with E-state index in [1.807, 2.05) is 27.7 Å². The first-order valence-electron chi connectivity index (χ1n) is 12.7. The summed E-state index contributed by atoms with van der Waals surface area (Å²) in [5, 5.41) is 13.3. The van der Waals surface area contributed by atoms with Crippen LogP contribution < -0.4 is 16.6 Å². The van der Waals surface area contributed by atoms with Crippen molar-refractivity contribution in [1.29, 1.82) is 0 Å². The van der Waals surface area contributed by atoms with E-state index in [0.717, 1.165) is 12.1 Å². The number of aliphatic imine (C=N–C) groups is 1. The van der Waals surface area contributed by atoms with Crippen LogP contribution in [0.3, 0.4) is 0 Å². The van der Waals surface area contributed by atoms with Gasteiger partial charge in [0.1, 0.15) is 17.0 Å². The van der Waals surface area contributed by atoms with Crippen molar-refractivity contribution in [3.8, 4) is 0 Å². The molecule has 12 heteroatoms. The first-order chi connectivity index (χ1) is 18.0. The summed E-state index contributed by atoms with van der Waals surface area (Å²) in [6.07, 6.45) is -1.83. The number of nitrogens with zero attached hydrogens (tertiary/aromatic N) is 2. The lowest BCUT2D eigenvalue weighted by molar-refractivity contribution is -0.258. The maximum absolute atomic E-state index is 13.2. The summed E-state index contributed by atoms with van der Waals surface area (Å²) in [6, 6.07) is 6.45. The monoisotopic (exact) mass is 551 g/mol. The van der Waals surface area contributed by atoms with Crippen LogP contribution in [-0.2, 0) is 10.3 Å². The number of benzene rings is 1. The third kappa shape index (κ3) is 6.92. The van der Waals surface area contributed by atoms with E-state index in [-0.39, 0.29) is 28.7 Å². The van der Waals surface area contributed by atoms with E-state index in [9.17, 15) is 27.9 Å². The molecule has 1 saturated heterocycles. The number of rotatable bonds is 6. The number of likely N-dealkylation sites (tertiary alicyclic amines) is 1. The van der Waals surface area contributed by atoms with Gasteiger partial charge in [-0.1, -0.05) is 19.1 Å². The maximum Gasteiger partial charge on any atom is 0.421 e. The Balaban J connectivity index is 1.83. The normalized spacial score (nSPS) is 17.9. The van der Waals surface area contributed by atoms with Crippen LogP contribution in [-0.4, -0.2) is 57.3 Å². The Bertz CT molecular complexity index is 1260. The second kappa shape index (κ2) is 10.9. The van der Waals surface area contributed by atoms with Crippen molar-refractivity contribution in [2.75, 3.05) is 18.4 Å². The molecule has 39 heavy (non-hydrogen) atoms. The van der Waals surface area contributed by atoms with Crippen LogP contribution in [0.4, 0.5) is 29.3 Å². The molecule has 0 saturated carbocycles. The van der Waals surface area contributed by atoms with Gasteiger partial charge in [-0.25, -0.2) is 9.79 Å². The number of halogens is 3. The molecular formula is C27H36F3N5O4. The number of aromatic nitrogens is 1. The summed E-state index contributed by atoms with van der Waals surface area (Å²) in [4.78, 5) is 33.8. The second-order valence-electron chi connectivity index (χ2n) is 10.9. The number of carbonyl (C=O) groups is 1. The quantitative estimate of drug-likeness (QED) is 0.302. The summed E-state index contributed by atoms with van der Waals surface area (Å²) in [7, 11) is 0. The number of aromatic amines is 1. The summed E-state index contributed by atoms with van der Waals surface area (Å²) >= 11 is 0. The average molecular weight is 552 g/mol. The Morgan fingerprint density at radius 3 is 2.26 bits per heavy atom. The van der Waals surface area contributed by atoms with Crippen molar-refractivity contribution < 1.29 is 27.8 Å². The summed E-state index contributed by atoms with van der Waals surface area (Å²) in [6.45, 7) is 9.05. The van der Waals surface area contributed by atoms with E-state index >= 15 is 0 Å². The Morgan fingerprint density at radius 2 is 1.74 bits per heavy atom. The smallest absolute Gasteiger partial charge is 0.421 e. The van der Waals surface area contributed by atoms with Gasteiger partial charge in [-0.3, -0.25) is 4.79 Å². The number of piperidine rings is 1. The van der Waals surface area contributed by atoms with Crippen LogP contribution in [0.2, 0.25) is 0 Å². The molecule has 5 N–H and O–H groups in total. The zero-order valence-electron chi connectivity index (χ0n) is 22.8. The summed E-state index contributed by atoms with van der Waals surface area (Å²) in [5.41, 5.74) is 2.08. The van der Waals surface area contributed by atoms with Crippen molar-refractivity contribution in [2.24, 2.45) is 10.7 Å². The largest absolute Gasteiger partial charge is 0.444 e. The minimum atomic E-state index is -4.85. The number of anilines is 1. The SMILES string of the molecule is CCC1(Nc2cc[nH]c(=O)c2C(N)=Nc2ccc(C(C)(O)C(F)(F)F)cc2)CCN(C(=O)OC(C)(C)C)CC1. The number of ether oxygens (including phenoxy) is 1. The van der Waals surface area contributed by atoms with Crippen LogP contribution in [0.15, 0.2) is 46.3 Å². The van der Waals surface area contributed by atoms with Crippen molar-refractivity contribution in [1.82, 2.24) is 9.88 Å². The Labute approximate surface area is 225 Å². The Morgan fingerprint density at radius 1 is 1.15 bits per heavy atom. The number of nitrogens with two attached hydrogens (primary N) is 1. The van der Waals surface area contributed by atoms with Crippen LogP contribution in [0.1, 0.15) is 65.0 Å². The van der Waals surface area contributed by atoms with Gasteiger partial charge in [-0.05, 0) is 70.7 Å². The minimum Gasteiger partial charge on any atom is -0.444 e. The molecule has 1 unspecified atom stereocenters. The minimum absolute atomic E-state index is 0.0891. The Kier molecular flexibility index (Phi) is 8.40. The maximum atomic E-state index is 13.2. The first-order valence-corrected chi connectivity index (χ1v) is 12.7. The van der Waals surface area contributed by atoms with Gasteiger partial charge in [0, 0.05) is 24.8 Å². The number of pyridine rings is 1. The van der Waals surface area contributed by atoms with Crippen molar-refractivity contribution in [2.45, 2.75) is 76.8 Å². The highest BCUT2D eigenvalue weighted by Gasteiger charge is 2.51. The summed E-state index contributed by atoms with van der Waals surface area (Å²) < 4.78 is 44.9. The standard InChI is InChI=1S/C27H36F3N5O4/c1-6-26(12-15-35(16-13-26)23(37)39-24(2,3)4)34-19-11-14-32-22(36)20(19)21(31)33-18-9-7-17(8-10-18)25(5,38)27(28,29)30/h7-11,14,38H,6,12-13,15-16H2,1-5H3,(H2,31,33)(H2,32,34,36). The molecule has 1 aromatic carbocycles. The zero-order valence-corrected chi connectivity index (χ0v) is 22.8. The van der Waals surface area contributed by atoms with E-state index in [4.69, 9.17) is 10.5 Å². The fourth-order valence-corrected chi connectivity index (χ4v) is 4.35. The molecule has 0 spiro atoms. The number of hydrogen-bond donors (Lipinski definition) is 4. The number of aliphatic hydroxyl groups is 1. The molecule has 1 aliphatic rings. The van der Waals surface area contributed by atoms with E-state index in [1.165, 1.54) is 18.3 Å². The molecule has 0 bridgehead atoms. The van der Waals surface area contributed by atoms with Gasteiger partial charge in [0.2, 0.25) is 0 Å². The third-order valence-corrected chi connectivity index (χ3v) is 6.90. The fraction of sp³-hybridized carbons (Fsp3) is 0.519. The molecule has 1 atom stereocenters. The van der Waals surface area contributed by atoms with Crippen LogP contribution in [0.5, 0.6) is 0 Å². The van der Waals surface area contributed by atoms with Gasteiger partial charge >= 0.3 is 12.3 Å². The molecule has 214 valence electrons. The van der Waals surface area contributed by atoms with E-state index in [2.05, 4.69) is 15.3 Å². The molecule has 2 aromatic rings. The van der Waals surface area contributed by atoms with Gasteiger partial charge in [-0.15, -0.1) is 0 Å². The van der Waals surface area contributed by atoms with Crippen molar-refractivity contribution in [3.63, 3.8) is 0 Å². The zero-order chi connectivity index (χ0) is 29.2. The van der Waals surface area contributed by atoms with Crippen molar-refractivity contribution in [3.05, 3.63) is 58.0 Å². The van der Waals surface area contributed by atoms with Gasteiger partial charge in [0.15, 0.2) is 5.60 Å². The number of amidine groups is 1. The molecular weight excluding hydrogens is 515 g/mol. The van der Waals surface area contributed by atoms with Crippen LogP contribution in [0, 0.1) is 0 Å². The fourth-order valence-electron chi connectivity index (χ4n) is 4.35. The lowest BCUT2D eigenvalue weighted by Gasteiger charge is -2.43. The highest BCUT2D eigenvalue weighted by molar-refractivity contribution is 6.03. The number of alkyl halides is 3. The molecule has 1 aromatic heterocycles. The molecule has 0 radical (unpaired) electrons. The van der Waals surface area contributed by atoms with Crippen LogP contribution in [0.25, 0.3) is 0 Å². The van der Waals surface area contributed by atoms with Gasteiger partial charge in [-0.2, -0.15) is 13.2 Å². The predicted molar refractivity (Wildman–Crippen MR) is 143 cm³/mol. The molecule has 1 amide bonds. The van der Waals surface area contributed by atoms with Crippen molar-refractivity contribution >= 4 is 23.3 Å². The number of H-pyrrole nitrogens is 1. The number of nitrogens with one attached hydrogen (secondary N) is 2. The third-order valence-electron chi connectivity index (χ3n) is 6.90. The van der Waals surface area contributed by atoms with Gasteiger partial charge in [0.05, 0.1) is 11.4 Å². The predicted octanol–water partition coefficient (Wildman–Crippen LogP) is 4.77. The average Bonchev–Trinajstić information content (AvgIpc) is 2.83. The molecule has 1 fully saturated rings. The number of carbonyl (C=O) groups excluding carboxylic acids is 1. The highest BCUT2D eigenvalue weighted by Crippen LogP contribution is 2.39. The number of hydrogen-bond acceptors (Lipinski definition) is 6. The molecule has 1 aliphatic heterocycles. The molecule has 2 heterocycles. The van der Waals surface area contributed by atoms with Gasteiger partial charge < -0.3 is 30.8 Å². The summed E-state index contributed by atoms with van der Waals surface area (Å²) in [5.74, 6) is -0.132. The first kappa shape index (κ1) is 30.0. The highest BCUT2D eigenvalue weighted by atomic mass is 19.4. The van der Waals surface area contributed by atoms with Gasteiger partial charge in [0.25, 0.3) is 5.56 Å². The lowest BCUT2D eigenvalue weighted by Crippen LogP contribution is -2.51. The Hall–Kier alpha value is -3.54. The van der Waals surface area contributed by atoms with Crippen LogP contribution >= 0.6 is 0 Å². The topological polar surface area (TPSA) is 133 Å². The lowest BCUT2D eigenvalue weighted by atomic mass is 9.84. The molecule has 0 aliphatic carbocycles. The van der Waals surface area contributed by atoms with E-state index in [1.54, 1.807) is 11.0 Å². The number of amides is 1. The molecule has 3 rings (SSSR count). The van der Waals surface area contributed by atoms with E-state index < -0.39 is 28.5 Å².